The summed E-state index contributed by atoms with van der Waals surface area (Å²) in [5.41, 5.74) is 0.627. The number of nitrogens with zero attached hydrogens (tertiary/aromatic N) is 2. The van der Waals surface area contributed by atoms with Gasteiger partial charge in [0.15, 0.2) is 11.6 Å². The Balaban J connectivity index is 2.72. The standard InChI is InChI=1S/C15H19ClF2N2O/c1-9(2)12(8-21-3)20-13(6-7-16)19-11-5-4-10(17)14(18)15(11)20/h4-5,9,12H,6-8H2,1-3H3. The topological polar surface area (TPSA) is 27.1 Å². The first-order valence-corrected chi connectivity index (χ1v) is 7.44. The van der Waals surface area contributed by atoms with Gasteiger partial charge < -0.3 is 9.30 Å². The van der Waals surface area contributed by atoms with E-state index in [9.17, 15) is 8.78 Å². The zero-order chi connectivity index (χ0) is 15.6. The normalized spacial score (nSPS) is 13.3. The van der Waals surface area contributed by atoms with E-state index in [0.29, 0.717) is 30.2 Å². The van der Waals surface area contributed by atoms with Crippen LogP contribution in [0.15, 0.2) is 12.1 Å². The smallest absolute Gasteiger partial charge is 0.184 e. The van der Waals surface area contributed by atoms with E-state index in [1.807, 2.05) is 13.8 Å². The van der Waals surface area contributed by atoms with E-state index in [0.717, 1.165) is 6.07 Å². The molecule has 1 unspecified atom stereocenters. The summed E-state index contributed by atoms with van der Waals surface area (Å²) in [4.78, 5) is 4.41. The van der Waals surface area contributed by atoms with Gasteiger partial charge >= 0.3 is 0 Å². The van der Waals surface area contributed by atoms with Crippen LogP contribution >= 0.6 is 11.6 Å². The Hall–Kier alpha value is -1.20. The number of alkyl halides is 1. The highest BCUT2D eigenvalue weighted by Gasteiger charge is 2.25. The molecule has 0 saturated carbocycles. The number of fused-ring (bicyclic) bond motifs is 1. The van der Waals surface area contributed by atoms with Gasteiger partial charge in [0, 0.05) is 19.4 Å². The van der Waals surface area contributed by atoms with Crippen LogP contribution in [0.3, 0.4) is 0 Å². The summed E-state index contributed by atoms with van der Waals surface area (Å²) < 4.78 is 34.9. The molecule has 0 radical (unpaired) electrons. The maximum atomic E-state index is 14.3. The molecule has 0 aliphatic heterocycles. The molecule has 1 heterocycles. The van der Waals surface area contributed by atoms with Crippen LogP contribution in [0, 0.1) is 17.6 Å². The third-order valence-corrected chi connectivity index (χ3v) is 3.76. The van der Waals surface area contributed by atoms with Crippen molar-refractivity contribution >= 4 is 22.6 Å². The van der Waals surface area contributed by atoms with Gasteiger partial charge in [-0.15, -0.1) is 11.6 Å². The van der Waals surface area contributed by atoms with Gasteiger partial charge in [-0.05, 0) is 18.1 Å². The number of rotatable bonds is 6. The molecule has 0 saturated heterocycles. The first-order valence-electron chi connectivity index (χ1n) is 6.91. The summed E-state index contributed by atoms with van der Waals surface area (Å²) in [5, 5.41) is 0. The summed E-state index contributed by atoms with van der Waals surface area (Å²) in [5.74, 6) is -0.548. The van der Waals surface area contributed by atoms with Crippen molar-refractivity contribution in [1.29, 1.82) is 0 Å². The minimum Gasteiger partial charge on any atom is -0.383 e. The van der Waals surface area contributed by atoms with Gasteiger partial charge in [-0.1, -0.05) is 13.8 Å². The van der Waals surface area contributed by atoms with Crippen LogP contribution in [0.4, 0.5) is 8.78 Å². The zero-order valence-electron chi connectivity index (χ0n) is 12.4. The fraction of sp³-hybridized carbons (Fsp3) is 0.533. The van der Waals surface area contributed by atoms with Gasteiger partial charge in [-0.2, -0.15) is 0 Å². The van der Waals surface area contributed by atoms with Gasteiger partial charge in [0.1, 0.15) is 11.3 Å². The van der Waals surface area contributed by atoms with Crippen LogP contribution in [0.25, 0.3) is 11.0 Å². The molecule has 6 heteroatoms. The average Bonchev–Trinajstić information content (AvgIpc) is 2.79. The Labute approximate surface area is 127 Å². The molecule has 1 atom stereocenters. The van der Waals surface area contributed by atoms with Gasteiger partial charge in [0.05, 0.1) is 18.2 Å². The largest absolute Gasteiger partial charge is 0.383 e. The number of methoxy groups -OCH3 is 1. The van der Waals surface area contributed by atoms with E-state index in [-0.39, 0.29) is 17.5 Å². The highest BCUT2D eigenvalue weighted by molar-refractivity contribution is 6.17. The molecule has 0 bridgehead atoms. The van der Waals surface area contributed by atoms with Crippen molar-refractivity contribution in [2.45, 2.75) is 26.3 Å². The molecule has 1 aromatic carbocycles. The third kappa shape index (κ3) is 3.04. The average molecular weight is 317 g/mol. The minimum absolute atomic E-state index is 0.130. The van der Waals surface area contributed by atoms with E-state index in [2.05, 4.69) is 4.98 Å². The lowest BCUT2D eigenvalue weighted by atomic mass is 10.0. The van der Waals surface area contributed by atoms with E-state index in [4.69, 9.17) is 16.3 Å². The number of hydrogen-bond acceptors (Lipinski definition) is 2. The molecular weight excluding hydrogens is 298 g/mol. The first-order chi connectivity index (χ1) is 10.0. The molecule has 0 fully saturated rings. The van der Waals surface area contributed by atoms with Crippen LogP contribution in [0.1, 0.15) is 25.7 Å². The van der Waals surface area contributed by atoms with Crippen molar-refractivity contribution in [3.63, 3.8) is 0 Å². The fourth-order valence-electron chi connectivity index (χ4n) is 2.53. The lowest BCUT2D eigenvalue weighted by Crippen LogP contribution is -2.23. The summed E-state index contributed by atoms with van der Waals surface area (Å²) in [6, 6.07) is 2.46. The lowest BCUT2D eigenvalue weighted by molar-refractivity contribution is 0.133. The molecule has 0 aliphatic rings. The molecular formula is C15H19ClF2N2O. The van der Waals surface area contributed by atoms with E-state index in [1.165, 1.54) is 6.07 Å². The molecule has 0 N–H and O–H groups in total. The number of benzene rings is 1. The maximum absolute atomic E-state index is 14.3. The Morgan fingerprint density at radius 1 is 1.33 bits per heavy atom. The molecule has 21 heavy (non-hydrogen) atoms. The Bertz CT molecular complexity index is 628. The monoisotopic (exact) mass is 316 g/mol. The predicted molar refractivity (Wildman–Crippen MR) is 79.8 cm³/mol. The van der Waals surface area contributed by atoms with Crippen LogP contribution in [-0.2, 0) is 11.2 Å². The molecule has 1 aromatic heterocycles. The molecule has 0 aliphatic carbocycles. The number of imidazole rings is 1. The van der Waals surface area contributed by atoms with E-state index < -0.39 is 11.6 Å². The van der Waals surface area contributed by atoms with Crippen LogP contribution in [-0.4, -0.2) is 29.1 Å². The van der Waals surface area contributed by atoms with Crippen molar-refractivity contribution in [2.24, 2.45) is 5.92 Å². The van der Waals surface area contributed by atoms with Crippen molar-refractivity contribution in [3.05, 3.63) is 29.6 Å². The van der Waals surface area contributed by atoms with Crippen LogP contribution < -0.4 is 0 Å². The lowest BCUT2D eigenvalue weighted by Gasteiger charge is -2.24. The van der Waals surface area contributed by atoms with Gasteiger partial charge in [-0.25, -0.2) is 13.8 Å². The van der Waals surface area contributed by atoms with Gasteiger partial charge in [-0.3, -0.25) is 0 Å². The molecule has 2 rings (SSSR count). The highest BCUT2D eigenvalue weighted by Crippen LogP contribution is 2.29. The summed E-state index contributed by atoms with van der Waals surface area (Å²) >= 11 is 5.82. The molecule has 0 amide bonds. The summed E-state index contributed by atoms with van der Waals surface area (Å²) in [7, 11) is 1.59. The molecule has 3 nitrogen and oxygen atoms in total. The predicted octanol–water partition coefficient (Wildman–Crippen LogP) is 3.94. The van der Waals surface area contributed by atoms with Crippen molar-refractivity contribution < 1.29 is 13.5 Å². The highest BCUT2D eigenvalue weighted by atomic mass is 35.5. The summed E-state index contributed by atoms with van der Waals surface area (Å²) in [6.45, 7) is 4.42. The fourth-order valence-corrected chi connectivity index (χ4v) is 2.69. The second kappa shape index (κ2) is 6.71. The van der Waals surface area contributed by atoms with Crippen molar-refractivity contribution in [2.75, 3.05) is 19.6 Å². The Morgan fingerprint density at radius 2 is 2.05 bits per heavy atom. The number of aromatic nitrogens is 2. The molecule has 2 aromatic rings. The number of aryl methyl sites for hydroxylation is 1. The second-order valence-electron chi connectivity index (χ2n) is 5.33. The Morgan fingerprint density at radius 3 is 2.62 bits per heavy atom. The zero-order valence-corrected chi connectivity index (χ0v) is 13.1. The van der Waals surface area contributed by atoms with Crippen LogP contribution in [0.2, 0.25) is 0 Å². The van der Waals surface area contributed by atoms with Gasteiger partial charge in [0.25, 0.3) is 0 Å². The number of ether oxygens (including phenoxy) is 1. The maximum Gasteiger partial charge on any atom is 0.184 e. The molecule has 116 valence electrons. The Kier molecular flexibility index (Phi) is 5.17. The van der Waals surface area contributed by atoms with Crippen LogP contribution in [0.5, 0.6) is 0 Å². The number of halogens is 3. The third-order valence-electron chi connectivity index (χ3n) is 3.57. The summed E-state index contributed by atoms with van der Waals surface area (Å²) in [6.07, 6.45) is 0.490. The quantitative estimate of drug-likeness (QED) is 0.755. The minimum atomic E-state index is -0.874. The van der Waals surface area contributed by atoms with E-state index in [1.54, 1.807) is 11.7 Å². The van der Waals surface area contributed by atoms with E-state index >= 15 is 0 Å². The van der Waals surface area contributed by atoms with Gasteiger partial charge in [0.2, 0.25) is 0 Å². The second-order valence-corrected chi connectivity index (χ2v) is 5.71. The molecule has 0 spiro atoms. The SMILES string of the molecule is COCC(C(C)C)n1c(CCCl)nc2ccc(F)c(F)c21. The number of hydrogen-bond donors (Lipinski definition) is 0. The van der Waals surface area contributed by atoms with Crippen molar-refractivity contribution in [1.82, 2.24) is 9.55 Å². The van der Waals surface area contributed by atoms with Crippen molar-refractivity contribution in [3.8, 4) is 0 Å². The first kappa shape index (κ1) is 16.2.